The number of carbonyl (C=O) groups excluding carboxylic acids is 2. The highest BCUT2D eigenvalue weighted by molar-refractivity contribution is 6.01. The zero-order valence-electron chi connectivity index (χ0n) is 20.2. The summed E-state index contributed by atoms with van der Waals surface area (Å²) >= 11 is 0. The Labute approximate surface area is 212 Å². The van der Waals surface area contributed by atoms with Crippen molar-refractivity contribution in [3.8, 4) is 11.6 Å². The number of aryl methyl sites for hydroxylation is 1. The van der Waals surface area contributed by atoms with Crippen molar-refractivity contribution in [2.45, 2.75) is 51.2 Å². The molecule has 0 unspecified atom stereocenters. The van der Waals surface area contributed by atoms with Crippen LogP contribution in [0.15, 0.2) is 65.3 Å². The van der Waals surface area contributed by atoms with Gasteiger partial charge in [0.1, 0.15) is 24.2 Å². The minimum Gasteiger partial charge on any atom is -0.458 e. The highest BCUT2D eigenvalue weighted by atomic mass is 19.1. The summed E-state index contributed by atoms with van der Waals surface area (Å²) in [6.45, 7) is 1.46. The fourth-order valence-corrected chi connectivity index (χ4v) is 4.54. The molecule has 1 fully saturated rings. The number of hydrogen-bond acceptors (Lipinski definition) is 7. The molecule has 5 rings (SSSR count). The molecular formula is C26H26FN7O3. The Morgan fingerprint density at radius 2 is 1.95 bits per heavy atom. The maximum absolute atomic E-state index is 14.3. The monoisotopic (exact) mass is 503 g/mol. The van der Waals surface area contributed by atoms with Crippen LogP contribution in [0.3, 0.4) is 0 Å². The van der Waals surface area contributed by atoms with Gasteiger partial charge in [-0.2, -0.15) is 4.80 Å². The van der Waals surface area contributed by atoms with E-state index in [0.717, 1.165) is 30.5 Å². The molecule has 0 radical (unpaired) electrons. The fourth-order valence-electron chi connectivity index (χ4n) is 4.54. The standard InChI is InChI=1S/C26H26FN7O3/c1-17-9-10-22(37-17)25-30-32-33(31-25)16-23(35)34(21-8-4-5-19(27)15-21)24(18-11-13-28-14-12-18)26(36)29-20-6-2-3-7-20/h4-5,8-15,20,24H,2-3,6-7,16H2,1H3,(H,29,36)/t24-/m0/s1. The van der Waals surface area contributed by atoms with Gasteiger partial charge in [-0.3, -0.25) is 19.5 Å². The van der Waals surface area contributed by atoms with Crippen molar-refractivity contribution in [1.29, 1.82) is 0 Å². The maximum Gasteiger partial charge on any atom is 0.251 e. The third-order valence-electron chi connectivity index (χ3n) is 6.28. The maximum atomic E-state index is 14.3. The molecule has 1 saturated carbocycles. The minimum absolute atomic E-state index is 0.0255. The summed E-state index contributed by atoms with van der Waals surface area (Å²) in [6.07, 6.45) is 6.92. The van der Waals surface area contributed by atoms with Gasteiger partial charge >= 0.3 is 0 Å². The number of hydrogen-bond donors (Lipinski definition) is 1. The number of anilines is 1. The largest absolute Gasteiger partial charge is 0.458 e. The van der Waals surface area contributed by atoms with Gasteiger partial charge in [-0.25, -0.2) is 4.39 Å². The molecule has 4 aromatic rings. The van der Waals surface area contributed by atoms with Gasteiger partial charge in [-0.1, -0.05) is 18.9 Å². The molecule has 1 aromatic carbocycles. The molecule has 1 N–H and O–H groups in total. The Morgan fingerprint density at radius 3 is 2.65 bits per heavy atom. The van der Waals surface area contributed by atoms with Crippen LogP contribution in [-0.4, -0.2) is 43.0 Å². The normalized spacial score (nSPS) is 14.4. The SMILES string of the molecule is Cc1ccc(-c2nnn(CC(=O)N(c3cccc(F)c3)[C@H](C(=O)NC3CCCC3)c3ccncc3)n2)o1. The lowest BCUT2D eigenvalue weighted by molar-refractivity contribution is -0.127. The molecule has 1 atom stereocenters. The summed E-state index contributed by atoms with van der Waals surface area (Å²) in [5.74, 6) is -0.0725. The lowest BCUT2D eigenvalue weighted by Crippen LogP contribution is -2.47. The molecule has 0 saturated heterocycles. The third-order valence-corrected chi connectivity index (χ3v) is 6.28. The molecule has 3 heterocycles. The summed E-state index contributed by atoms with van der Waals surface area (Å²) in [6, 6.07) is 11.4. The predicted molar refractivity (Wildman–Crippen MR) is 132 cm³/mol. The average molecular weight is 504 g/mol. The van der Waals surface area contributed by atoms with E-state index >= 15 is 0 Å². The Kier molecular flexibility index (Phi) is 7.02. The number of pyridine rings is 1. The van der Waals surface area contributed by atoms with Crippen LogP contribution in [0.2, 0.25) is 0 Å². The number of rotatable bonds is 8. The van der Waals surface area contributed by atoms with Gasteiger partial charge < -0.3 is 9.73 Å². The number of carbonyl (C=O) groups is 2. The molecule has 0 aliphatic heterocycles. The molecule has 10 nitrogen and oxygen atoms in total. The van der Waals surface area contributed by atoms with Crippen LogP contribution >= 0.6 is 0 Å². The number of nitrogens with one attached hydrogen (secondary N) is 1. The van der Waals surface area contributed by atoms with E-state index in [1.807, 2.05) is 0 Å². The first-order valence-corrected chi connectivity index (χ1v) is 12.1. The Morgan fingerprint density at radius 1 is 1.16 bits per heavy atom. The van der Waals surface area contributed by atoms with Gasteiger partial charge in [0.2, 0.25) is 11.7 Å². The lowest BCUT2D eigenvalue weighted by Gasteiger charge is -2.32. The number of amides is 2. The molecule has 190 valence electrons. The molecule has 1 aliphatic carbocycles. The Bertz CT molecular complexity index is 1380. The zero-order chi connectivity index (χ0) is 25.8. The molecule has 1 aliphatic rings. The lowest BCUT2D eigenvalue weighted by atomic mass is 10.0. The van der Waals surface area contributed by atoms with Gasteiger partial charge in [-0.05, 0) is 73.0 Å². The number of aromatic nitrogens is 5. The summed E-state index contributed by atoms with van der Waals surface area (Å²) in [5, 5.41) is 15.3. The van der Waals surface area contributed by atoms with E-state index in [1.165, 1.54) is 23.1 Å². The first-order chi connectivity index (χ1) is 18.0. The van der Waals surface area contributed by atoms with Crippen molar-refractivity contribution in [3.05, 3.63) is 78.1 Å². The summed E-state index contributed by atoms with van der Waals surface area (Å²) in [7, 11) is 0. The van der Waals surface area contributed by atoms with Crippen LogP contribution < -0.4 is 10.2 Å². The molecule has 2 amide bonds. The third kappa shape index (κ3) is 5.55. The van der Waals surface area contributed by atoms with Crippen LogP contribution in [0.1, 0.15) is 43.0 Å². The van der Waals surface area contributed by atoms with Gasteiger partial charge in [0.15, 0.2) is 5.76 Å². The smallest absolute Gasteiger partial charge is 0.251 e. The summed E-state index contributed by atoms with van der Waals surface area (Å²) in [5.41, 5.74) is 0.775. The van der Waals surface area contributed by atoms with Gasteiger partial charge in [-0.15, -0.1) is 10.2 Å². The van der Waals surface area contributed by atoms with Gasteiger partial charge in [0.25, 0.3) is 5.91 Å². The molecular weight excluding hydrogens is 477 g/mol. The number of benzene rings is 1. The first-order valence-electron chi connectivity index (χ1n) is 12.1. The molecule has 11 heteroatoms. The number of halogens is 1. The topological polar surface area (TPSA) is 119 Å². The second kappa shape index (κ2) is 10.7. The number of tetrazole rings is 1. The van der Waals surface area contributed by atoms with Crippen LogP contribution in [0.4, 0.5) is 10.1 Å². The number of furan rings is 1. The van der Waals surface area contributed by atoms with Gasteiger partial charge in [0.05, 0.1) is 0 Å². The van der Waals surface area contributed by atoms with E-state index in [1.54, 1.807) is 49.6 Å². The molecule has 37 heavy (non-hydrogen) atoms. The second-order valence-corrected chi connectivity index (χ2v) is 8.97. The van der Waals surface area contributed by atoms with E-state index < -0.39 is 17.8 Å². The average Bonchev–Trinajstić information content (AvgIpc) is 3.66. The van der Waals surface area contributed by atoms with Gasteiger partial charge in [0, 0.05) is 24.1 Å². The van der Waals surface area contributed by atoms with Crippen LogP contribution in [0.5, 0.6) is 0 Å². The van der Waals surface area contributed by atoms with Crippen molar-refractivity contribution in [1.82, 2.24) is 30.5 Å². The van der Waals surface area contributed by atoms with E-state index in [2.05, 4.69) is 25.7 Å². The minimum atomic E-state index is -1.06. The molecule has 0 spiro atoms. The van der Waals surface area contributed by atoms with Crippen molar-refractivity contribution >= 4 is 17.5 Å². The highest BCUT2D eigenvalue weighted by Crippen LogP contribution is 2.30. The first kappa shape index (κ1) is 24.3. The van der Waals surface area contributed by atoms with E-state index in [9.17, 15) is 14.0 Å². The van der Waals surface area contributed by atoms with Crippen LogP contribution in [0, 0.1) is 12.7 Å². The highest BCUT2D eigenvalue weighted by Gasteiger charge is 2.35. The van der Waals surface area contributed by atoms with E-state index in [-0.39, 0.29) is 30.0 Å². The van der Waals surface area contributed by atoms with Crippen molar-refractivity contribution in [2.24, 2.45) is 0 Å². The second-order valence-electron chi connectivity index (χ2n) is 8.97. The quantitative estimate of drug-likeness (QED) is 0.390. The van der Waals surface area contributed by atoms with Crippen molar-refractivity contribution < 1.29 is 18.4 Å². The van der Waals surface area contributed by atoms with E-state index in [4.69, 9.17) is 4.42 Å². The predicted octanol–water partition coefficient (Wildman–Crippen LogP) is 3.61. The Hall–Kier alpha value is -4.41. The van der Waals surface area contributed by atoms with E-state index in [0.29, 0.717) is 17.1 Å². The summed E-state index contributed by atoms with van der Waals surface area (Å²) < 4.78 is 19.8. The van der Waals surface area contributed by atoms with Crippen LogP contribution in [0.25, 0.3) is 11.6 Å². The zero-order valence-corrected chi connectivity index (χ0v) is 20.2. The number of nitrogens with zero attached hydrogens (tertiary/aromatic N) is 6. The summed E-state index contributed by atoms with van der Waals surface area (Å²) in [4.78, 5) is 33.9. The van der Waals surface area contributed by atoms with Crippen molar-refractivity contribution in [2.75, 3.05) is 4.90 Å². The fraction of sp³-hybridized carbons (Fsp3) is 0.308. The molecule has 3 aromatic heterocycles. The Balaban J connectivity index is 1.49. The van der Waals surface area contributed by atoms with Crippen LogP contribution in [-0.2, 0) is 16.1 Å². The molecule has 0 bridgehead atoms. The van der Waals surface area contributed by atoms with Crippen molar-refractivity contribution in [3.63, 3.8) is 0 Å².